The largest absolute Gasteiger partial charge is 0.493 e. The lowest BCUT2D eigenvalue weighted by Gasteiger charge is -2.36. The first-order chi connectivity index (χ1) is 15.6. The maximum Gasteiger partial charge on any atom is 0.217 e. The Morgan fingerprint density at radius 2 is 1.91 bits per heavy atom. The highest BCUT2D eigenvalue weighted by Gasteiger charge is 2.30. The number of amides is 1. The Labute approximate surface area is 191 Å². The van der Waals surface area contributed by atoms with Gasteiger partial charge in [-0.1, -0.05) is 18.2 Å². The molecule has 1 aliphatic heterocycles. The summed E-state index contributed by atoms with van der Waals surface area (Å²) in [7, 11) is 1.71. The van der Waals surface area contributed by atoms with Crippen molar-refractivity contribution in [3.8, 4) is 11.5 Å². The van der Waals surface area contributed by atoms with Crippen LogP contribution in [0.4, 0.5) is 0 Å². The van der Waals surface area contributed by atoms with Crippen LogP contribution in [0, 0.1) is 5.92 Å². The van der Waals surface area contributed by atoms with Crippen molar-refractivity contribution < 1.29 is 14.3 Å². The Morgan fingerprint density at radius 1 is 1.12 bits per heavy atom. The van der Waals surface area contributed by atoms with Crippen LogP contribution < -0.4 is 14.8 Å². The number of carbonyl (C=O) groups excluding carboxylic acids is 1. The van der Waals surface area contributed by atoms with Gasteiger partial charge in [0.05, 0.1) is 24.9 Å². The van der Waals surface area contributed by atoms with Crippen molar-refractivity contribution in [3.63, 3.8) is 0 Å². The first-order valence-electron chi connectivity index (χ1n) is 11.9. The van der Waals surface area contributed by atoms with Gasteiger partial charge in [0.1, 0.15) is 0 Å². The molecule has 1 saturated carbocycles. The van der Waals surface area contributed by atoms with Crippen molar-refractivity contribution in [2.24, 2.45) is 5.92 Å². The van der Waals surface area contributed by atoms with Crippen LogP contribution in [0.25, 0.3) is 0 Å². The van der Waals surface area contributed by atoms with Crippen molar-refractivity contribution in [3.05, 3.63) is 53.9 Å². The van der Waals surface area contributed by atoms with E-state index in [1.54, 1.807) is 20.2 Å². The Kier molecular flexibility index (Phi) is 7.63. The minimum atomic E-state index is -0.0334. The molecule has 1 saturated heterocycles. The summed E-state index contributed by atoms with van der Waals surface area (Å²) in [5, 5.41) is 3.14. The Morgan fingerprint density at radius 3 is 2.56 bits per heavy atom. The average Bonchev–Trinajstić information content (AvgIpc) is 3.33. The Bertz CT molecular complexity index is 875. The summed E-state index contributed by atoms with van der Waals surface area (Å²) in [6, 6.07) is 12.1. The van der Waals surface area contributed by atoms with Crippen LogP contribution in [0.5, 0.6) is 11.5 Å². The number of piperidine rings is 1. The van der Waals surface area contributed by atoms with Gasteiger partial charge in [0.25, 0.3) is 0 Å². The van der Waals surface area contributed by atoms with E-state index in [4.69, 9.17) is 9.47 Å². The number of benzene rings is 1. The van der Waals surface area contributed by atoms with Crippen LogP contribution in [0.2, 0.25) is 0 Å². The number of nitrogens with one attached hydrogen (secondary N) is 1. The van der Waals surface area contributed by atoms with Crippen molar-refractivity contribution in [1.82, 2.24) is 15.2 Å². The summed E-state index contributed by atoms with van der Waals surface area (Å²) in [5.41, 5.74) is 2.14. The van der Waals surface area contributed by atoms with Gasteiger partial charge in [0.15, 0.2) is 11.5 Å². The normalized spacial score (nSPS) is 18.9. The highest BCUT2D eigenvalue weighted by atomic mass is 16.5. The lowest BCUT2D eigenvalue weighted by molar-refractivity contribution is -0.120. The molecule has 1 aliphatic carbocycles. The summed E-state index contributed by atoms with van der Waals surface area (Å²) in [5.74, 6) is 2.11. The van der Waals surface area contributed by atoms with Gasteiger partial charge in [0.2, 0.25) is 5.91 Å². The molecule has 172 valence electrons. The van der Waals surface area contributed by atoms with Gasteiger partial charge in [-0.25, -0.2) is 0 Å². The molecule has 0 bridgehead atoms. The van der Waals surface area contributed by atoms with E-state index in [9.17, 15) is 4.79 Å². The van der Waals surface area contributed by atoms with Gasteiger partial charge in [-0.05, 0) is 75.7 Å². The predicted octanol–water partition coefficient (Wildman–Crippen LogP) is 4.50. The van der Waals surface area contributed by atoms with Crippen LogP contribution in [-0.2, 0) is 11.3 Å². The molecule has 1 amide bonds. The molecule has 1 atom stereocenters. The monoisotopic (exact) mass is 437 g/mol. The van der Waals surface area contributed by atoms with E-state index < -0.39 is 0 Å². The highest BCUT2D eigenvalue weighted by Crippen LogP contribution is 2.37. The van der Waals surface area contributed by atoms with E-state index in [-0.39, 0.29) is 11.9 Å². The molecule has 1 N–H and O–H groups in total. The van der Waals surface area contributed by atoms with E-state index in [0.29, 0.717) is 12.0 Å². The quantitative estimate of drug-likeness (QED) is 0.659. The number of carbonyl (C=O) groups is 1. The molecular weight excluding hydrogens is 402 g/mol. The molecule has 0 spiro atoms. The number of rotatable bonds is 8. The average molecular weight is 438 g/mol. The molecule has 2 aromatic rings. The molecule has 1 unspecified atom stereocenters. The van der Waals surface area contributed by atoms with E-state index in [1.807, 2.05) is 24.3 Å². The number of para-hydroxylation sites is 1. The SMILES string of the molecule is COc1cccc(CN2CCC(C(NC(C)=O)c3ccccn3)CC2)c1OC1CCCC1. The molecule has 0 radical (unpaired) electrons. The van der Waals surface area contributed by atoms with Crippen LogP contribution in [-0.4, -0.2) is 42.1 Å². The van der Waals surface area contributed by atoms with Gasteiger partial charge in [-0.15, -0.1) is 0 Å². The van der Waals surface area contributed by atoms with Gasteiger partial charge >= 0.3 is 0 Å². The van der Waals surface area contributed by atoms with Crippen LogP contribution >= 0.6 is 0 Å². The van der Waals surface area contributed by atoms with E-state index in [0.717, 1.165) is 62.5 Å². The molecule has 6 nitrogen and oxygen atoms in total. The first-order valence-corrected chi connectivity index (χ1v) is 11.9. The Balaban J connectivity index is 1.42. The predicted molar refractivity (Wildman–Crippen MR) is 125 cm³/mol. The third-order valence-corrected chi connectivity index (χ3v) is 6.73. The maximum absolute atomic E-state index is 11.8. The number of aromatic nitrogens is 1. The molecule has 32 heavy (non-hydrogen) atoms. The smallest absolute Gasteiger partial charge is 0.217 e. The highest BCUT2D eigenvalue weighted by molar-refractivity contribution is 5.73. The van der Waals surface area contributed by atoms with Crippen molar-refractivity contribution >= 4 is 5.91 Å². The summed E-state index contributed by atoms with van der Waals surface area (Å²) in [4.78, 5) is 18.8. The number of hydrogen-bond donors (Lipinski definition) is 1. The van der Waals surface area contributed by atoms with Gasteiger partial charge < -0.3 is 14.8 Å². The van der Waals surface area contributed by atoms with E-state index in [1.165, 1.54) is 18.4 Å². The molecule has 6 heteroatoms. The second-order valence-corrected chi connectivity index (χ2v) is 9.02. The number of hydrogen-bond acceptors (Lipinski definition) is 5. The minimum absolute atomic E-state index is 0.00633. The van der Waals surface area contributed by atoms with Gasteiger partial charge in [-0.2, -0.15) is 0 Å². The van der Waals surface area contributed by atoms with E-state index in [2.05, 4.69) is 27.3 Å². The second-order valence-electron chi connectivity index (χ2n) is 9.02. The molecule has 2 fully saturated rings. The summed E-state index contributed by atoms with van der Waals surface area (Å²) in [6.45, 7) is 4.39. The standard InChI is InChI=1S/C26H35N3O3/c1-19(30)28-25(23-11-5-6-15-27-23)20-13-16-29(17-14-20)18-21-8-7-12-24(31-2)26(21)32-22-9-3-4-10-22/h5-8,11-12,15,20,22,25H,3-4,9-10,13-14,16-18H2,1-2H3,(H,28,30). The zero-order chi connectivity index (χ0) is 22.3. The fourth-order valence-electron chi connectivity index (χ4n) is 5.05. The molecule has 4 rings (SSSR count). The van der Waals surface area contributed by atoms with Crippen molar-refractivity contribution in [1.29, 1.82) is 0 Å². The summed E-state index contributed by atoms with van der Waals surface area (Å²) >= 11 is 0. The molecule has 2 aliphatic rings. The lowest BCUT2D eigenvalue weighted by Crippen LogP contribution is -2.40. The number of pyridine rings is 1. The molecule has 2 heterocycles. The molecule has 1 aromatic carbocycles. The molecule has 1 aromatic heterocycles. The fraction of sp³-hybridized carbons (Fsp3) is 0.538. The number of likely N-dealkylation sites (tertiary alicyclic amines) is 1. The summed E-state index contributed by atoms with van der Waals surface area (Å²) in [6.07, 6.45) is 8.88. The number of ether oxygens (including phenoxy) is 2. The van der Waals surface area contributed by atoms with Gasteiger partial charge in [-0.3, -0.25) is 14.7 Å². The molecular formula is C26H35N3O3. The third kappa shape index (κ3) is 5.60. The Hall–Kier alpha value is -2.60. The van der Waals surface area contributed by atoms with Crippen molar-refractivity contribution in [2.45, 2.75) is 64.1 Å². The van der Waals surface area contributed by atoms with Crippen LogP contribution in [0.15, 0.2) is 42.6 Å². The van der Waals surface area contributed by atoms with Crippen LogP contribution in [0.1, 0.15) is 62.7 Å². The number of nitrogens with zero attached hydrogens (tertiary/aromatic N) is 2. The zero-order valence-electron chi connectivity index (χ0n) is 19.3. The minimum Gasteiger partial charge on any atom is -0.493 e. The number of methoxy groups -OCH3 is 1. The second kappa shape index (κ2) is 10.8. The van der Waals surface area contributed by atoms with Crippen molar-refractivity contribution in [2.75, 3.05) is 20.2 Å². The lowest BCUT2D eigenvalue weighted by atomic mass is 9.87. The fourth-order valence-corrected chi connectivity index (χ4v) is 5.05. The third-order valence-electron chi connectivity index (χ3n) is 6.73. The van der Waals surface area contributed by atoms with Gasteiger partial charge in [0, 0.05) is 25.2 Å². The first kappa shape index (κ1) is 22.6. The zero-order valence-corrected chi connectivity index (χ0v) is 19.3. The van der Waals surface area contributed by atoms with E-state index >= 15 is 0 Å². The maximum atomic E-state index is 11.8. The topological polar surface area (TPSA) is 63.7 Å². The summed E-state index contributed by atoms with van der Waals surface area (Å²) < 4.78 is 12.1. The van der Waals surface area contributed by atoms with Crippen LogP contribution in [0.3, 0.4) is 0 Å².